The molecule has 7 heteroatoms. The Morgan fingerprint density at radius 1 is 1.09 bits per heavy atom. The number of fused-ring (bicyclic) bond motifs is 1. The summed E-state index contributed by atoms with van der Waals surface area (Å²) < 4.78 is 13.8. The zero-order valence-electron chi connectivity index (χ0n) is 12.1. The summed E-state index contributed by atoms with van der Waals surface area (Å²) in [6.45, 7) is 1.41. The largest absolute Gasteiger partial charge is 0.326 e. The van der Waals surface area contributed by atoms with Crippen molar-refractivity contribution in [1.29, 1.82) is 0 Å². The van der Waals surface area contributed by atoms with Crippen molar-refractivity contribution in [2.75, 3.05) is 10.6 Å². The van der Waals surface area contributed by atoms with Crippen LogP contribution >= 0.6 is 11.3 Å². The first kappa shape index (κ1) is 15.1. The lowest BCUT2D eigenvalue weighted by Crippen LogP contribution is -2.12. The summed E-state index contributed by atoms with van der Waals surface area (Å²) in [6, 6.07) is 10.8. The van der Waals surface area contributed by atoms with Gasteiger partial charge in [0.1, 0.15) is 5.82 Å². The average Bonchev–Trinajstić information content (AvgIpc) is 2.88. The van der Waals surface area contributed by atoms with Gasteiger partial charge in [-0.3, -0.25) is 14.9 Å². The number of carbonyl (C=O) groups excluding carboxylic acids is 2. The molecule has 116 valence electrons. The molecule has 0 aliphatic carbocycles. The molecule has 5 nitrogen and oxygen atoms in total. The predicted octanol–water partition coefficient (Wildman–Crippen LogP) is 3.65. The van der Waals surface area contributed by atoms with E-state index in [4.69, 9.17) is 0 Å². The Kier molecular flexibility index (Phi) is 4.03. The minimum Gasteiger partial charge on any atom is -0.326 e. The van der Waals surface area contributed by atoms with Crippen LogP contribution in [0.2, 0.25) is 0 Å². The topological polar surface area (TPSA) is 71.1 Å². The van der Waals surface area contributed by atoms with Gasteiger partial charge in [0.05, 0.1) is 10.2 Å². The quantitative estimate of drug-likeness (QED) is 0.770. The summed E-state index contributed by atoms with van der Waals surface area (Å²) in [5.41, 5.74) is 1.68. The Balaban J connectivity index is 1.75. The number of aromatic nitrogens is 1. The molecule has 0 spiro atoms. The monoisotopic (exact) mass is 329 g/mol. The maximum Gasteiger partial charge on any atom is 0.257 e. The number of carbonyl (C=O) groups is 2. The Morgan fingerprint density at radius 3 is 2.52 bits per heavy atom. The molecular weight excluding hydrogens is 317 g/mol. The SMILES string of the molecule is CC(=O)Nc1ccc(C(=O)Nc2nc3ccc(F)cc3s2)cc1. The normalized spacial score (nSPS) is 10.5. The third kappa shape index (κ3) is 3.51. The van der Waals surface area contributed by atoms with Crippen LogP contribution in [0, 0.1) is 5.82 Å². The number of rotatable bonds is 3. The van der Waals surface area contributed by atoms with Gasteiger partial charge in [-0.2, -0.15) is 0 Å². The van der Waals surface area contributed by atoms with Crippen molar-refractivity contribution >= 4 is 44.2 Å². The number of amides is 2. The van der Waals surface area contributed by atoms with E-state index in [1.165, 1.54) is 30.4 Å². The van der Waals surface area contributed by atoms with Crippen LogP contribution in [-0.2, 0) is 4.79 Å². The summed E-state index contributed by atoms with van der Waals surface area (Å²) in [5.74, 6) is -0.838. The lowest BCUT2D eigenvalue weighted by molar-refractivity contribution is -0.114. The van der Waals surface area contributed by atoms with E-state index in [1.807, 2.05) is 0 Å². The number of nitrogens with one attached hydrogen (secondary N) is 2. The first-order chi connectivity index (χ1) is 11.0. The zero-order chi connectivity index (χ0) is 16.4. The lowest BCUT2D eigenvalue weighted by atomic mass is 10.2. The van der Waals surface area contributed by atoms with Gasteiger partial charge in [0, 0.05) is 18.2 Å². The van der Waals surface area contributed by atoms with Crippen LogP contribution in [0.4, 0.5) is 15.2 Å². The van der Waals surface area contributed by atoms with E-state index in [1.54, 1.807) is 30.3 Å². The maximum atomic E-state index is 13.2. The summed E-state index contributed by atoms with van der Waals surface area (Å²) in [6.07, 6.45) is 0. The van der Waals surface area contributed by atoms with Crippen molar-refractivity contribution in [3.63, 3.8) is 0 Å². The molecule has 2 N–H and O–H groups in total. The second-order valence-electron chi connectivity index (χ2n) is 4.84. The first-order valence-electron chi connectivity index (χ1n) is 6.76. The molecular formula is C16H12FN3O2S. The Morgan fingerprint density at radius 2 is 1.83 bits per heavy atom. The van der Waals surface area contributed by atoms with Crippen LogP contribution in [-0.4, -0.2) is 16.8 Å². The van der Waals surface area contributed by atoms with E-state index in [0.29, 0.717) is 26.6 Å². The van der Waals surface area contributed by atoms with Crippen LogP contribution in [0.3, 0.4) is 0 Å². The van der Waals surface area contributed by atoms with Gasteiger partial charge >= 0.3 is 0 Å². The highest BCUT2D eigenvalue weighted by Gasteiger charge is 2.10. The number of nitrogens with zero attached hydrogens (tertiary/aromatic N) is 1. The molecule has 0 unspecified atom stereocenters. The van der Waals surface area contributed by atoms with Crippen LogP contribution in [0.15, 0.2) is 42.5 Å². The molecule has 23 heavy (non-hydrogen) atoms. The molecule has 0 saturated heterocycles. The molecule has 0 radical (unpaired) electrons. The zero-order valence-corrected chi connectivity index (χ0v) is 12.9. The molecule has 3 rings (SSSR count). The van der Waals surface area contributed by atoms with E-state index >= 15 is 0 Å². The second kappa shape index (κ2) is 6.13. The third-order valence-corrected chi connectivity index (χ3v) is 3.97. The van der Waals surface area contributed by atoms with E-state index < -0.39 is 0 Å². The minimum absolute atomic E-state index is 0.177. The standard InChI is InChI=1S/C16H12FN3O2S/c1-9(21)18-12-5-2-10(3-6-12)15(22)20-16-19-13-7-4-11(17)8-14(13)23-16/h2-8H,1H3,(H,18,21)(H,19,20,22). The smallest absolute Gasteiger partial charge is 0.257 e. The van der Waals surface area contributed by atoms with Gasteiger partial charge in [0.2, 0.25) is 5.91 Å². The summed E-state index contributed by atoms with van der Waals surface area (Å²) >= 11 is 1.21. The van der Waals surface area contributed by atoms with Crippen LogP contribution in [0.1, 0.15) is 17.3 Å². The second-order valence-corrected chi connectivity index (χ2v) is 5.87. The van der Waals surface area contributed by atoms with E-state index in [0.717, 1.165) is 0 Å². The van der Waals surface area contributed by atoms with Crippen molar-refractivity contribution < 1.29 is 14.0 Å². The van der Waals surface area contributed by atoms with Crippen molar-refractivity contribution in [3.05, 3.63) is 53.8 Å². The van der Waals surface area contributed by atoms with Gasteiger partial charge < -0.3 is 5.32 Å². The van der Waals surface area contributed by atoms with Gasteiger partial charge in [0.15, 0.2) is 5.13 Å². The number of thiazole rings is 1. The molecule has 0 fully saturated rings. The highest BCUT2D eigenvalue weighted by atomic mass is 32.1. The Hall–Kier alpha value is -2.80. The van der Waals surface area contributed by atoms with Crippen molar-refractivity contribution in [2.45, 2.75) is 6.92 Å². The van der Waals surface area contributed by atoms with Gasteiger partial charge in [-0.1, -0.05) is 11.3 Å². The molecule has 0 bridgehead atoms. The summed E-state index contributed by atoms with van der Waals surface area (Å²) in [5, 5.41) is 5.72. The number of anilines is 2. The predicted molar refractivity (Wildman–Crippen MR) is 88.3 cm³/mol. The molecule has 0 saturated carbocycles. The molecule has 0 atom stereocenters. The van der Waals surface area contributed by atoms with Gasteiger partial charge in [-0.25, -0.2) is 9.37 Å². The van der Waals surface area contributed by atoms with Crippen molar-refractivity contribution in [3.8, 4) is 0 Å². The molecule has 3 aromatic rings. The van der Waals surface area contributed by atoms with E-state index in [-0.39, 0.29) is 17.6 Å². The molecule has 0 aliphatic rings. The lowest BCUT2D eigenvalue weighted by Gasteiger charge is -2.04. The molecule has 0 aliphatic heterocycles. The average molecular weight is 329 g/mol. The molecule has 1 heterocycles. The number of benzene rings is 2. The number of halogens is 1. The fourth-order valence-electron chi connectivity index (χ4n) is 2.03. The third-order valence-electron chi connectivity index (χ3n) is 3.04. The Labute approximate surface area is 135 Å². The van der Waals surface area contributed by atoms with E-state index in [9.17, 15) is 14.0 Å². The van der Waals surface area contributed by atoms with Crippen LogP contribution in [0.5, 0.6) is 0 Å². The van der Waals surface area contributed by atoms with Crippen molar-refractivity contribution in [1.82, 2.24) is 4.98 Å². The summed E-state index contributed by atoms with van der Waals surface area (Å²) in [7, 11) is 0. The number of hydrogen-bond donors (Lipinski definition) is 2. The first-order valence-corrected chi connectivity index (χ1v) is 7.58. The van der Waals surface area contributed by atoms with E-state index in [2.05, 4.69) is 15.6 Å². The maximum absolute atomic E-state index is 13.2. The Bertz CT molecular complexity index is 890. The van der Waals surface area contributed by atoms with Gasteiger partial charge in [0.25, 0.3) is 5.91 Å². The molecule has 2 amide bonds. The molecule has 2 aromatic carbocycles. The van der Waals surface area contributed by atoms with Crippen molar-refractivity contribution in [2.24, 2.45) is 0 Å². The summed E-state index contributed by atoms with van der Waals surface area (Å²) in [4.78, 5) is 27.4. The molecule has 1 aromatic heterocycles. The van der Waals surface area contributed by atoms with Crippen LogP contribution in [0.25, 0.3) is 10.2 Å². The highest BCUT2D eigenvalue weighted by molar-refractivity contribution is 7.22. The van der Waals surface area contributed by atoms with Crippen LogP contribution < -0.4 is 10.6 Å². The fraction of sp³-hybridized carbons (Fsp3) is 0.0625. The minimum atomic E-state index is -0.340. The number of hydrogen-bond acceptors (Lipinski definition) is 4. The van der Waals surface area contributed by atoms with Gasteiger partial charge in [-0.15, -0.1) is 0 Å². The fourth-order valence-corrected chi connectivity index (χ4v) is 2.92. The van der Waals surface area contributed by atoms with Gasteiger partial charge in [-0.05, 0) is 42.5 Å². The highest BCUT2D eigenvalue weighted by Crippen LogP contribution is 2.26.